The van der Waals surface area contributed by atoms with Crippen LogP contribution in [-0.4, -0.2) is 16.1 Å². The maximum Gasteiger partial charge on any atom is 0.179 e. The van der Waals surface area contributed by atoms with Crippen LogP contribution in [-0.2, 0) is 0 Å². The van der Waals surface area contributed by atoms with Crippen molar-refractivity contribution in [1.82, 2.24) is 0 Å². The Balaban J connectivity index is 1.40. The number of hydrogen-bond donors (Lipinski definition) is 0. The maximum absolute atomic E-state index is 6.81. The smallest absolute Gasteiger partial charge is 0.179 e. The van der Waals surface area contributed by atoms with Gasteiger partial charge in [0.2, 0.25) is 0 Å². The van der Waals surface area contributed by atoms with E-state index in [0.29, 0.717) is 0 Å². The summed E-state index contributed by atoms with van der Waals surface area (Å²) in [6.45, 7) is 4.54. The van der Waals surface area contributed by atoms with E-state index in [1.54, 1.807) is 0 Å². The van der Waals surface area contributed by atoms with Crippen LogP contribution in [0.4, 0.5) is 0 Å². The van der Waals surface area contributed by atoms with Crippen LogP contribution in [0.5, 0.6) is 0 Å². The Morgan fingerprint density at radius 1 is 0.302 bits per heavy atom. The monoisotopic (exact) mass is 712 g/mol. The molecule has 8 aromatic carbocycles. The minimum Gasteiger partial charge on any atom is -0.456 e. The summed E-state index contributed by atoms with van der Waals surface area (Å²) >= 11 is 0. The van der Waals surface area contributed by atoms with Gasteiger partial charge in [-0.3, -0.25) is 0 Å². The van der Waals surface area contributed by atoms with E-state index in [9.17, 15) is 0 Å². The van der Waals surface area contributed by atoms with Crippen molar-refractivity contribution in [1.29, 1.82) is 0 Å². The molecule has 0 amide bonds. The summed E-state index contributed by atoms with van der Waals surface area (Å²) in [6.07, 6.45) is 0. The highest BCUT2D eigenvalue weighted by Gasteiger charge is 2.44. The van der Waals surface area contributed by atoms with Crippen molar-refractivity contribution in [3.05, 3.63) is 217 Å². The Kier molecular flexibility index (Phi) is 8.38. The average molecular weight is 713 g/mol. The first-order chi connectivity index (χ1) is 26.1. The van der Waals surface area contributed by atoms with Gasteiger partial charge in [-0.25, -0.2) is 0 Å². The molecule has 0 spiro atoms. The second-order valence-electron chi connectivity index (χ2n) is 14.1. The molecule has 0 bridgehead atoms. The van der Waals surface area contributed by atoms with Crippen molar-refractivity contribution >= 4 is 79.6 Å². The molecule has 0 aliphatic rings. The Morgan fingerprint density at radius 3 is 0.755 bits per heavy atom. The summed E-state index contributed by atoms with van der Waals surface area (Å²) in [5.41, 5.74) is 4.36. The van der Waals surface area contributed by atoms with Gasteiger partial charge in [0.1, 0.15) is 11.2 Å². The van der Waals surface area contributed by atoms with Gasteiger partial charge in [-0.1, -0.05) is 182 Å². The number of fused-ring (bicyclic) bond motifs is 3. The van der Waals surface area contributed by atoms with Crippen LogP contribution >= 0.6 is 0 Å². The predicted molar refractivity (Wildman–Crippen MR) is 230 cm³/mol. The number of benzene rings is 8. The van der Waals surface area contributed by atoms with Crippen molar-refractivity contribution in [2.45, 2.75) is 13.8 Å². The van der Waals surface area contributed by atoms with Gasteiger partial charge in [0.15, 0.2) is 16.1 Å². The van der Waals surface area contributed by atoms with Gasteiger partial charge in [0.05, 0.1) is 0 Å². The summed E-state index contributed by atoms with van der Waals surface area (Å²) < 4.78 is 6.81. The Bertz CT molecular complexity index is 2270. The van der Waals surface area contributed by atoms with Gasteiger partial charge in [-0.2, -0.15) is 0 Å². The third-order valence-electron chi connectivity index (χ3n) is 11.2. The summed E-state index contributed by atoms with van der Waals surface area (Å²) in [6, 6.07) is 76.7. The van der Waals surface area contributed by atoms with Crippen LogP contribution in [0.15, 0.2) is 211 Å². The molecule has 9 rings (SSSR count). The van der Waals surface area contributed by atoms with E-state index in [1.807, 2.05) is 0 Å². The molecule has 254 valence electrons. The predicted octanol–water partition coefficient (Wildman–Crippen LogP) is 6.96. The summed E-state index contributed by atoms with van der Waals surface area (Å²) in [5, 5.41) is 13.3. The molecule has 0 unspecified atom stereocenters. The summed E-state index contributed by atoms with van der Waals surface area (Å²) in [7, 11) is -5.55. The van der Waals surface area contributed by atoms with Gasteiger partial charge < -0.3 is 4.42 Å². The molecule has 0 atom stereocenters. The molecule has 0 saturated carbocycles. The lowest BCUT2D eigenvalue weighted by atomic mass is 10.1. The molecule has 1 nitrogen and oxygen atoms in total. The van der Waals surface area contributed by atoms with Crippen molar-refractivity contribution in [3.63, 3.8) is 0 Å². The first-order valence-electron chi connectivity index (χ1n) is 18.4. The number of rotatable bonds is 8. The minimum atomic E-state index is -2.77. The van der Waals surface area contributed by atoms with Crippen LogP contribution < -0.4 is 41.5 Å². The number of furan rings is 1. The number of hydrogen-bond acceptors (Lipinski definition) is 1. The van der Waals surface area contributed by atoms with E-state index in [0.717, 1.165) is 11.2 Å². The van der Waals surface area contributed by atoms with Gasteiger partial charge in [-0.05, 0) is 90.7 Å². The van der Waals surface area contributed by atoms with Crippen molar-refractivity contribution in [2.24, 2.45) is 0 Å². The summed E-state index contributed by atoms with van der Waals surface area (Å²) in [5.74, 6) is 0. The molecule has 1 aromatic heterocycles. The number of aryl methyl sites for hydroxylation is 2. The zero-order chi connectivity index (χ0) is 35.8. The second-order valence-corrected chi connectivity index (χ2v) is 21.7. The topological polar surface area (TPSA) is 13.1 Å². The zero-order valence-electron chi connectivity index (χ0n) is 30.0. The van der Waals surface area contributed by atoms with E-state index < -0.39 is 16.1 Å². The molecule has 0 radical (unpaired) electrons. The van der Waals surface area contributed by atoms with Crippen LogP contribution in [0.1, 0.15) is 11.1 Å². The quantitative estimate of drug-likeness (QED) is 0.123. The molecule has 0 saturated heterocycles. The minimum absolute atomic E-state index is 0.932. The molecule has 53 heavy (non-hydrogen) atoms. The third-order valence-corrected chi connectivity index (χ3v) is 21.1. The molecule has 1 heterocycles. The average Bonchev–Trinajstić information content (AvgIpc) is 3.56. The Morgan fingerprint density at radius 2 is 0.528 bits per heavy atom. The molecule has 0 aliphatic heterocycles. The van der Waals surface area contributed by atoms with Gasteiger partial charge >= 0.3 is 0 Å². The highest BCUT2D eigenvalue weighted by Crippen LogP contribution is 2.31. The second kappa shape index (κ2) is 13.5. The van der Waals surface area contributed by atoms with Crippen molar-refractivity contribution in [3.8, 4) is 0 Å². The molecule has 0 fully saturated rings. The van der Waals surface area contributed by atoms with Crippen LogP contribution in [0.3, 0.4) is 0 Å². The van der Waals surface area contributed by atoms with E-state index in [2.05, 4.69) is 220 Å². The molecular weight excluding hydrogens is 673 g/mol. The maximum atomic E-state index is 6.81. The Hall–Kier alpha value is -6.01. The van der Waals surface area contributed by atoms with E-state index in [-0.39, 0.29) is 0 Å². The van der Waals surface area contributed by atoms with Crippen LogP contribution in [0.25, 0.3) is 21.9 Å². The first kappa shape index (κ1) is 32.9. The fourth-order valence-electron chi connectivity index (χ4n) is 8.94. The van der Waals surface area contributed by atoms with Gasteiger partial charge in [0.25, 0.3) is 0 Å². The molecule has 0 aliphatic carbocycles. The normalized spacial score (nSPS) is 12.0. The molecular formula is C50H40OSi2. The van der Waals surface area contributed by atoms with E-state index >= 15 is 0 Å². The third kappa shape index (κ3) is 5.27. The van der Waals surface area contributed by atoms with Crippen LogP contribution in [0, 0.1) is 13.8 Å². The fraction of sp³-hybridized carbons (Fsp3) is 0.0400. The Labute approximate surface area is 313 Å². The van der Waals surface area contributed by atoms with Gasteiger partial charge in [-0.15, -0.1) is 0 Å². The molecule has 3 heteroatoms. The largest absolute Gasteiger partial charge is 0.456 e. The van der Waals surface area contributed by atoms with Crippen molar-refractivity contribution < 1.29 is 4.42 Å². The zero-order valence-corrected chi connectivity index (χ0v) is 32.0. The highest BCUT2D eigenvalue weighted by atomic mass is 28.3. The standard InChI is InChI=1S/C50H40OSi2/c1-37-33-47-45(35-49(37)52(39-21-9-3-10-22-39,40-23-11-4-12-24-40)41-25-13-5-14-26-41)46-36-50(38(2)34-48(46)51-47)53(42-27-15-6-16-28-42,43-29-17-7-18-30-43)44-31-19-8-20-32-44/h3-36H,1-2H3. The lowest BCUT2D eigenvalue weighted by Crippen LogP contribution is -2.75. The van der Waals surface area contributed by atoms with E-state index in [4.69, 9.17) is 4.42 Å². The van der Waals surface area contributed by atoms with E-state index in [1.165, 1.54) is 63.4 Å². The molecule has 0 N–H and O–H groups in total. The first-order valence-corrected chi connectivity index (χ1v) is 22.4. The SMILES string of the molecule is Cc1cc2oc3cc(C)c([Si](c4ccccc4)(c4ccccc4)c4ccccc4)cc3c2cc1[Si](c1ccccc1)(c1ccccc1)c1ccccc1. The van der Waals surface area contributed by atoms with Crippen molar-refractivity contribution in [2.75, 3.05) is 0 Å². The molecule has 9 aromatic rings. The lowest BCUT2D eigenvalue weighted by molar-refractivity contribution is 0.668. The highest BCUT2D eigenvalue weighted by molar-refractivity contribution is 7.20. The van der Waals surface area contributed by atoms with Gasteiger partial charge in [0, 0.05) is 10.8 Å². The van der Waals surface area contributed by atoms with Crippen LogP contribution in [0.2, 0.25) is 0 Å². The lowest BCUT2D eigenvalue weighted by Gasteiger charge is -2.36. The fourth-order valence-corrected chi connectivity index (χ4v) is 19.0. The summed E-state index contributed by atoms with van der Waals surface area (Å²) in [4.78, 5) is 0.